The zero-order chi connectivity index (χ0) is 19.1. The van der Waals surface area contributed by atoms with Crippen molar-refractivity contribution in [2.75, 3.05) is 26.0 Å². The normalized spacial score (nSPS) is 14.1. The molecule has 0 bridgehead atoms. The summed E-state index contributed by atoms with van der Waals surface area (Å²) >= 11 is 1.36. The maximum Gasteiger partial charge on any atom is 0.237 e. The highest BCUT2D eigenvalue weighted by molar-refractivity contribution is 7.99. The zero-order valence-corrected chi connectivity index (χ0v) is 16.6. The standard InChI is InChI=1S/C19H25N5O2S/c1-15-8-6-7-11-17(15)24-19(20-21-22-24)27-14-18(25)23(12-13-26-2)16-9-4-3-5-10-16/h6-9,11H,3-5,10,12-14H2,1-2H3. The number of carbonyl (C=O) groups excluding carboxylic acids is 1. The molecular weight excluding hydrogens is 362 g/mol. The molecule has 0 atom stereocenters. The van der Waals surface area contributed by atoms with Gasteiger partial charge in [-0.2, -0.15) is 4.68 Å². The van der Waals surface area contributed by atoms with Gasteiger partial charge in [0.05, 0.1) is 18.0 Å². The lowest BCUT2D eigenvalue weighted by Crippen LogP contribution is -2.35. The third-order valence-corrected chi connectivity index (χ3v) is 5.45. The van der Waals surface area contributed by atoms with E-state index in [2.05, 4.69) is 21.6 Å². The SMILES string of the molecule is COCCN(C(=O)CSc1nnnn1-c1ccccc1C)C1=CCCCC1. The fourth-order valence-electron chi connectivity index (χ4n) is 3.10. The number of hydrogen-bond acceptors (Lipinski definition) is 6. The molecule has 0 saturated carbocycles. The van der Waals surface area contributed by atoms with Crippen LogP contribution in [0.1, 0.15) is 31.2 Å². The van der Waals surface area contributed by atoms with Crippen LogP contribution < -0.4 is 0 Å². The first-order chi connectivity index (χ1) is 13.2. The van der Waals surface area contributed by atoms with Gasteiger partial charge in [0.1, 0.15) is 0 Å². The Morgan fingerprint density at radius 2 is 2.19 bits per heavy atom. The molecule has 0 N–H and O–H groups in total. The second-order valence-corrected chi connectivity index (χ2v) is 7.37. The summed E-state index contributed by atoms with van der Waals surface area (Å²) in [5.41, 5.74) is 3.11. The Morgan fingerprint density at radius 1 is 1.33 bits per heavy atom. The number of rotatable bonds is 8. The lowest BCUT2D eigenvalue weighted by molar-refractivity contribution is -0.127. The molecule has 0 saturated heterocycles. The molecule has 1 heterocycles. The minimum Gasteiger partial charge on any atom is -0.383 e. The molecule has 1 aliphatic rings. The van der Waals surface area contributed by atoms with Crippen molar-refractivity contribution in [2.45, 2.75) is 37.8 Å². The van der Waals surface area contributed by atoms with E-state index in [0.29, 0.717) is 18.3 Å². The van der Waals surface area contributed by atoms with E-state index in [-0.39, 0.29) is 11.7 Å². The highest BCUT2D eigenvalue weighted by Gasteiger charge is 2.21. The van der Waals surface area contributed by atoms with Crippen LogP contribution >= 0.6 is 11.8 Å². The maximum atomic E-state index is 12.9. The van der Waals surface area contributed by atoms with Gasteiger partial charge in [-0.3, -0.25) is 4.79 Å². The van der Waals surface area contributed by atoms with E-state index in [9.17, 15) is 4.79 Å². The first-order valence-electron chi connectivity index (χ1n) is 9.16. The van der Waals surface area contributed by atoms with E-state index < -0.39 is 0 Å². The summed E-state index contributed by atoms with van der Waals surface area (Å²) in [6.45, 7) is 3.11. The summed E-state index contributed by atoms with van der Waals surface area (Å²) in [6.07, 6.45) is 6.47. The van der Waals surface area contributed by atoms with Crippen molar-refractivity contribution in [1.29, 1.82) is 0 Å². The number of allylic oxidation sites excluding steroid dienone is 2. The Hall–Kier alpha value is -2.19. The zero-order valence-electron chi connectivity index (χ0n) is 15.8. The predicted molar refractivity (Wildman–Crippen MR) is 105 cm³/mol. The second kappa shape index (κ2) is 9.66. The molecule has 0 unspecified atom stereocenters. The Kier molecular flexibility index (Phi) is 7.00. The largest absolute Gasteiger partial charge is 0.383 e. The predicted octanol–water partition coefficient (Wildman–Crippen LogP) is 3.00. The van der Waals surface area contributed by atoms with Crippen molar-refractivity contribution in [2.24, 2.45) is 0 Å². The number of para-hydroxylation sites is 1. The van der Waals surface area contributed by atoms with E-state index in [1.54, 1.807) is 11.8 Å². The molecule has 1 aromatic carbocycles. The summed E-state index contributed by atoms with van der Waals surface area (Å²) < 4.78 is 6.88. The molecule has 1 aliphatic carbocycles. The number of benzene rings is 1. The summed E-state index contributed by atoms with van der Waals surface area (Å²) in [4.78, 5) is 14.7. The second-order valence-electron chi connectivity index (χ2n) is 6.43. The molecule has 8 heteroatoms. The van der Waals surface area contributed by atoms with Gasteiger partial charge in [-0.05, 0) is 54.7 Å². The number of ether oxygens (including phenoxy) is 1. The van der Waals surface area contributed by atoms with Gasteiger partial charge in [0.2, 0.25) is 11.1 Å². The van der Waals surface area contributed by atoms with Gasteiger partial charge in [-0.15, -0.1) is 5.10 Å². The molecule has 0 radical (unpaired) electrons. The number of nitrogens with zero attached hydrogens (tertiary/aromatic N) is 5. The van der Waals surface area contributed by atoms with Crippen LogP contribution in [0.4, 0.5) is 0 Å². The Labute approximate surface area is 163 Å². The third-order valence-electron chi connectivity index (χ3n) is 4.54. The molecule has 1 amide bonds. The van der Waals surface area contributed by atoms with Crippen molar-refractivity contribution in [1.82, 2.24) is 25.1 Å². The molecule has 0 spiro atoms. The summed E-state index contributed by atoms with van der Waals surface area (Å²) in [6, 6.07) is 7.91. The van der Waals surface area contributed by atoms with Crippen LogP contribution in [0.5, 0.6) is 0 Å². The monoisotopic (exact) mass is 387 g/mol. The number of amides is 1. The topological polar surface area (TPSA) is 73.1 Å². The van der Waals surface area contributed by atoms with Gasteiger partial charge in [-0.1, -0.05) is 36.0 Å². The van der Waals surface area contributed by atoms with Crippen LogP contribution in [0.25, 0.3) is 5.69 Å². The Morgan fingerprint density at radius 3 is 2.93 bits per heavy atom. The number of carbonyl (C=O) groups is 1. The first kappa shape index (κ1) is 19.6. The minimum atomic E-state index is 0.0598. The first-order valence-corrected chi connectivity index (χ1v) is 10.1. The fraction of sp³-hybridized carbons (Fsp3) is 0.474. The third kappa shape index (κ3) is 4.95. The number of aromatic nitrogens is 4. The molecule has 27 heavy (non-hydrogen) atoms. The van der Waals surface area contributed by atoms with Crippen LogP contribution in [-0.4, -0.2) is 57.0 Å². The van der Waals surface area contributed by atoms with E-state index in [1.807, 2.05) is 36.1 Å². The number of tetrazole rings is 1. The van der Waals surface area contributed by atoms with Crippen LogP contribution in [0.2, 0.25) is 0 Å². The van der Waals surface area contributed by atoms with E-state index in [4.69, 9.17) is 4.74 Å². The van der Waals surface area contributed by atoms with Gasteiger partial charge < -0.3 is 9.64 Å². The van der Waals surface area contributed by atoms with Gasteiger partial charge in [-0.25, -0.2) is 0 Å². The highest BCUT2D eigenvalue weighted by atomic mass is 32.2. The smallest absolute Gasteiger partial charge is 0.237 e. The minimum absolute atomic E-state index is 0.0598. The van der Waals surface area contributed by atoms with E-state index in [1.165, 1.54) is 18.2 Å². The van der Waals surface area contributed by atoms with Crippen molar-refractivity contribution in [3.63, 3.8) is 0 Å². The Bertz CT molecular complexity index is 805. The molecule has 144 valence electrons. The molecular formula is C19H25N5O2S. The molecule has 3 rings (SSSR count). The summed E-state index contributed by atoms with van der Waals surface area (Å²) in [5.74, 6) is 0.345. The van der Waals surface area contributed by atoms with Crippen LogP contribution in [0.3, 0.4) is 0 Å². The van der Waals surface area contributed by atoms with Gasteiger partial charge >= 0.3 is 0 Å². The average molecular weight is 388 g/mol. The van der Waals surface area contributed by atoms with Crippen molar-refractivity contribution < 1.29 is 9.53 Å². The lowest BCUT2D eigenvalue weighted by atomic mass is 10.0. The molecule has 2 aromatic rings. The van der Waals surface area contributed by atoms with Gasteiger partial charge in [0.15, 0.2) is 0 Å². The van der Waals surface area contributed by atoms with Gasteiger partial charge in [0.25, 0.3) is 0 Å². The van der Waals surface area contributed by atoms with Crippen LogP contribution in [0.15, 0.2) is 41.2 Å². The number of aryl methyl sites for hydroxylation is 1. The Balaban J connectivity index is 1.70. The summed E-state index contributed by atoms with van der Waals surface area (Å²) in [7, 11) is 1.66. The molecule has 1 aromatic heterocycles. The lowest BCUT2D eigenvalue weighted by Gasteiger charge is -2.27. The van der Waals surface area contributed by atoms with Crippen molar-refractivity contribution in [3.05, 3.63) is 41.6 Å². The molecule has 0 aliphatic heterocycles. The highest BCUT2D eigenvalue weighted by Crippen LogP contribution is 2.24. The molecule has 7 nitrogen and oxygen atoms in total. The van der Waals surface area contributed by atoms with Crippen LogP contribution in [0, 0.1) is 6.92 Å². The van der Waals surface area contributed by atoms with E-state index in [0.717, 1.165) is 36.2 Å². The summed E-state index contributed by atoms with van der Waals surface area (Å²) in [5, 5.41) is 12.6. The average Bonchev–Trinajstić information content (AvgIpc) is 3.16. The number of hydrogen-bond donors (Lipinski definition) is 0. The van der Waals surface area contributed by atoms with Crippen LogP contribution in [-0.2, 0) is 9.53 Å². The van der Waals surface area contributed by atoms with Gasteiger partial charge in [0, 0.05) is 19.4 Å². The fourth-order valence-corrected chi connectivity index (χ4v) is 3.86. The quantitative estimate of drug-likeness (QED) is 0.649. The number of thioether (sulfide) groups is 1. The van der Waals surface area contributed by atoms with Crippen molar-refractivity contribution in [3.8, 4) is 5.69 Å². The maximum absolute atomic E-state index is 12.9. The molecule has 0 fully saturated rings. The number of methoxy groups -OCH3 is 1. The van der Waals surface area contributed by atoms with Crippen molar-refractivity contribution >= 4 is 17.7 Å². The van der Waals surface area contributed by atoms with E-state index >= 15 is 0 Å².